The smallest absolute Gasteiger partial charge is 0.137 e. The van der Waals surface area contributed by atoms with Crippen LogP contribution in [0, 0.1) is 0 Å². The molecule has 0 spiro atoms. The molecule has 0 radical (unpaired) electrons. The zero-order chi connectivity index (χ0) is 13.2. The number of nitrogens with zero attached hydrogens (tertiary/aromatic N) is 1. The van der Waals surface area contributed by atoms with Gasteiger partial charge in [0.15, 0.2) is 0 Å². The van der Waals surface area contributed by atoms with Gasteiger partial charge in [-0.3, -0.25) is 16.3 Å². The summed E-state index contributed by atoms with van der Waals surface area (Å²) >= 11 is 0. The molecular formula is C13H23N3O2. The second-order valence-corrected chi connectivity index (χ2v) is 4.16. The van der Waals surface area contributed by atoms with Gasteiger partial charge in [-0.15, -0.1) is 0 Å². The number of hydrogen-bond acceptors (Lipinski definition) is 5. The molecule has 1 atom stereocenters. The molecule has 1 rings (SSSR count). The standard InChI is InChI=1S/C13H23N3O2/c1-3-6-18-12-8-11(9-15-10-12)13(16-14)5-4-7-17-2/h8-10,13,16H,3-7,14H2,1-2H3. The third kappa shape index (κ3) is 5.00. The van der Waals surface area contributed by atoms with Gasteiger partial charge >= 0.3 is 0 Å². The van der Waals surface area contributed by atoms with Crippen LogP contribution in [0.4, 0.5) is 0 Å². The highest BCUT2D eigenvalue weighted by Gasteiger charge is 2.10. The first-order chi connectivity index (χ1) is 8.81. The lowest BCUT2D eigenvalue weighted by Gasteiger charge is -2.16. The molecule has 0 aliphatic heterocycles. The number of ether oxygens (including phenoxy) is 2. The van der Waals surface area contributed by atoms with Crippen molar-refractivity contribution >= 4 is 0 Å². The van der Waals surface area contributed by atoms with E-state index in [0.29, 0.717) is 6.61 Å². The first-order valence-corrected chi connectivity index (χ1v) is 6.34. The first kappa shape index (κ1) is 14.9. The first-order valence-electron chi connectivity index (χ1n) is 6.34. The molecule has 1 heterocycles. The van der Waals surface area contributed by atoms with Gasteiger partial charge in [-0.05, 0) is 30.9 Å². The molecule has 0 bridgehead atoms. The Morgan fingerprint density at radius 1 is 1.39 bits per heavy atom. The third-order valence-corrected chi connectivity index (χ3v) is 2.65. The van der Waals surface area contributed by atoms with E-state index >= 15 is 0 Å². The van der Waals surface area contributed by atoms with E-state index in [4.69, 9.17) is 15.3 Å². The van der Waals surface area contributed by atoms with Crippen LogP contribution in [-0.2, 0) is 4.74 Å². The van der Waals surface area contributed by atoms with E-state index in [2.05, 4.69) is 17.3 Å². The van der Waals surface area contributed by atoms with E-state index in [1.165, 1.54) is 0 Å². The molecular weight excluding hydrogens is 230 g/mol. The number of aromatic nitrogens is 1. The molecule has 0 saturated carbocycles. The zero-order valence-electron chi connectivity index (χ0n) is 11.2. The van der Waals surface area contributed by atoms with Crippen LogP contribution < -0.4 is 16.0 Å². The van der Waals surface area contributed by atoms with Gasteiger partial charge in [0, 0.05) is 26.0 Å². The third-order valence-electron chi connectivity index (χ3n) is 2.65. The van der Waals surface area contributed by atoms with Crippen molar-refractivity contribution in [1.29, 1.82) is 0 Å². The lowest BCUT2D eigenvalue weighted by Crippen LogP contribution is -2.28. The summed E-state index contributed by atoms with van der Waals surface area (Å²) in [7, 11) is 1.70. The van der Waals surface area contributed by atoms with Gasteiger partial charge in [-0.2, -0.15) is 0 Å². The maximum absolute atomic E-state index is 5.58. The second-order valence-electron chi connectivity index (χ2n) is 4.16. The average Bonchev–Trinajstić information content (AvgIpc) is 2.42. The zero-order valence-corrected chi connectivity index (χ0v) is 11.2. The van der Waals surface area contributed by atoms with Crippen molar-refractivity contribution in [3.05, 3.63) is 24.0 Å². The van der Waals surface area contributed by atoms with Crippen LogP contribution in [0.2, 0.25) is 0 Å². The Morgan fingerprint density at radius 2 is 2.22 bits per heavy atom. The van der Waals surface area contributed by atoms with Crippen LogP contribution in [0.5, 0.6) is 5.75 Å². The minimum Gasteiger partial charge on any atom is -0.492 e. The number of pyridine rings is 1. The lowest BCUT2D eigenvalue weighted by atomic mass is 10.0. The average molecular weight is 253 g/mol. The summed E-state index contributed by atoms with van der Waals surface area (Å²) in [5.74, 6) is 6.37. The fourth-order valence-electron chi connectivity index (χ4n) is 1.70. The lowest BCUT2D eigenvalue weighted by molar-refractivity contribution is 0.188. The maximum Gasteiger partial charge on any atom is 0.137 e. The number of nitrogens with one attached hydrogen (secondary N) is 1. The summed E-state index contributed by atoms with van der Waals surface area (Å²) in [5, 5.41) is 0. The van der Waals surface area contributed by atoms with Gasteiger partial charge in [0.05, 0.1) is 12.8 Å². The Hall–Kier alpha value is -1.17. The molecule has 0 amide bonds. The second kappa shape index (κ2) is 8.85. The Morgan fingerprint density at radius 3 is 2.89 bits per heavy atom. The van der Waals surface area contributed by atoms with Crippen LogP contribution in [0.15, 0.2) is 18.5 Å². The monoisotopic (exact) mass is 253 g/mol. The van der Waals surface area contributed by atoms with Gasteiger partial charge in [0.2, 0.25) is 0 Å². The summed E-state index contributed by atoms with van der Waals surface area (Å²) in [6.45, 7) is 3.51. The van der Waals surface area contributed by atoms with Crippen LogP contribution in [0.25, 0.3) is 0 Å². The van der Waals surface area contributed by atoms with Crippen molar-refractivity contribution in [1.82, 2.24) is 10.4 Å². The van der Waals surface area contributed by atoms with Gasteiger partial charge in [-0.25, -0.2) is 0 Å². The number of hydrazine groups is 1. The Balaban J connectivity index is 2.60. The fourth-order valence-corrected chi connectivity index (χ4v) is 1.70. The predicted molar refractivity (Wildman–Crippen MR) is 71.2 cm³/mol. The molecule has 102 valence electrons. The van der Waals surface area contributed by atoms with Crippen molar-refractivity contribution in [2.75, 3.05) is 20.3 Å². The number of methoxy groups -OCH3 is 1. The van der Waals surface area contributed by atoms with E-state index < -0.39 is 0 Å². The number of rotatable bonds is 9. The summed E-state index contributed by atoms with van der Waals surface area (Å²) < 4.78 is 10.6. The van der Waals surface area contributed by atoms with Crippen LogP contribution in [-0.4, -0.2) is 25.3 Å². The van der Waals surface area contributed by atoms with E-state index in [-0.39, 0.29) is 6.04 Å². The highest BCUT2D eigenvalue weighted by atomic mass is 16.5. The SMILES string of the molecule is CCCOc1cncc(C(CCCOC)NN)c1. The van der Waals surface area contributed by atoms with Crippen molar-refractivity contribution in [3.63, 3.8) is 0 Å². The van der Waals surface area contributed by atoms with E-state index in [0.717, 1.165) is 37.2 Å². The largest absolute Gasteiger partial charge is 0.492 e. The topological polar surface area (TPSA) is 69.4 Å². The maximum atomic E-state index is 5.58. The Bertz CT molecular complexity index is 334. The van der Waals surface area contributed by atoms with Gasteiger partial charge in [0.25, 0.3) is 0 Å². The number of nitrogens with two attached hydrogens (primary N) is 1. The van der Waals surface area contributed by atoms with Gasteiger partial charge in [-0.1, -0.05) is 6.92 Å². The van der Waals surface area contributed by atoms with E-state index in [1.807, 2.05) is 12.3 Å². The van der Waals surface area contributed by atoms with Gasteiger partial charge in [0.1, 0.15) is 5.75 Å². The summed E-state index contributed by atoms with van der Waals surface area (Å²) in [6, 6.07) is 2.07. The number of hydrogen-bond donors (Lipinski definition) is 2. The molecule has 1 aromatic rings. The minimum atomic E-state index is 0.0813. The van der Waals surface area contributed by atoms with Crippen molar-refractivity contribution in [3.8, 4) is 5.75 Å². The minimum absolute atomic E-state index is 0.0813. The molecule has 0 aliphatic carbocycles. The molecule has 1 unspecified atom stereocenters. The fraction of sp³-hybridized carbons (Fsp3) is 0.615. The normalized spacial score (nSPS) is 12.4. The van der Waals surface area contributed by atoms with Crippen molar-refractivity contribution in [2.45, 2.75) is 32.2 Å². The highest BCUT2D eigenvalue weighted by Crippen LogP contribution is 2.21. The predicted octanol–water partition coefficient (Wildman–Crippen LogP) is 1.80. The van der Waals surface area contributed by atoms with E-state index in [1.54, 1.807) is 13.3 Å². The van der Waals surface area contributed by atoms with Crippen molar-refractivity contribution in [2.24, 2.45) is 5.84 Å². The quantitative estimate of drug-likeness (QED) is 0.399. The molecule has 18 heavy (non-hydrogen) atoms. The molecule has 0 fully saturated rings. The molecule has 0 aromatic carbocycles. The van der Waals surface area contributed by atoms with E-state index in [9.17, 15) is 0 Å². The van der Waals surface area contributed by atoms with Crippen LogP contribution >= 0.6 is 0 Å². The van der Waals surface area contributed by atoms with Crippen LogP contribution in [0.1, 0.15) is 37.8 Å². The Labute approximate surface area is 109 Å². The summed E-state index contributed by atoms with van der Waals surface area (Å²) in [4.78, 5) is 4.18. The highest BCUT2D eigenvalue weighted by molar-refractivity contribution is 5.25. The molecule has 3 N–H and O–H groups in total. The molecule has 0 saturated heterocycles. The molecule has 0 aliphatic rings. The summed E-state index contributed by atoms with van der Waals surface area (Å²) in [5.41, 5.74) is 3.85. The Kier molecular flexibility index (Phi) is 7.32. The van der Waals surface area contributed by atoms with Crippen molar-refractivity contribution < 1.29 is 9.47 Å². The van der Waals surface area contributed by atoms with Crippen LogP contribution in [0.3, 0.4) is 0 Å². The molecule has 5 nitrogen and oxygen atoms in total. The van der Waals surface area contributed by atoms with Gasteiger partial charge < -0.3 is 9.47 Å². The molecule has 1 aromatic heterocycles. The summed E-state index contributed by atoms with van der Waals surface area (Å²) in [6.07, 6.45) is 6.38. The molecule has 5 heteroatoms.